The molecule has 2 atom stereocenters. The number of nitrogens with one attached hydrogen (secondary N) is 1. The third kappa shape index (κ3) is 2.62. The van der Waals surface area contributed by atoms with Crippen molar-refractivity contribution in [3.05, 3.63) is 17.3 Å². The number of ether oxygens (including phenoxy) is 1. The van der Waals surface area contributed by atoms with E-state index in [4.69, 9.17) is 9.15 Å². The molecular formula is C12H20N2O2. The highest BCUT2D eigenvalue weighted by Gasteiger charge is 2.22. The Bertz CT molecular complexity index is 323. The van der Waals surface area contributed by atoms with Crippen LogP contribution in [0.3, 0.4) is 0 Å². The Morgan fingerprint density at radius 1 is 1.50 bits per heavy atom. The van der Waals surface area contributed by atoms with Gasteiger partial charge in [0, 0.05) is 12.6 Å². The smallest absolute Gasteiger partial charge is 0.208 e. The van der Waals surface area contributed by atoms with Crippen LogP contribution >= 0.6 is 0 Å². The zero-order valence-electron chi connectivity index (χ0n) is 10.2. The van der Waals surface area contributed by atoms with Crippen LogP contribution in [-0.2, 0) is 11.3 Å². The molecule has 4 heteroatoms. The molecule has 0 amide bonds. The zero-order valence-corrected chi connectivity index (χ0v) is 10.2. The minimum Gasteiger partial charge on any atom is -0.444 e. The van der Waals surface area contributed by atoms with Crippen molar-refractivity contribution in [1.29, 1.82) is 0 Å². The topological polar surface area (TPSA) is 47.3 Å². The third-order valence-corrected chi connectivity index (χ3v) is 3.17. The van der Waals surface area contributed by atoms with E-state index < -0.39 is 0 Å². The molecule has 16 heavy (non-hydrogen) atoms. The second-order valence-corrected chi connectivity index (χ2v) is 4.47. The van der Waals surface area contributed by atoms with Gasteiger partial charge < -0.3 is 14.5 Å². The van der Waals surface area contributed by atoms with E-state index in [-0.39, 0.29) is 0 Å². The molecule has 1 aliphatic rings. The maximum atomic E-state index is 5.62. The standard InChI is InChI=1S/C12H20N2O2/c1-8-10(3)16-12(14-8)7-13-9(2)11-5-4-6-15-11/h9,11,13H,4-7H2,1-3H3. The molecule has 1 aromatic heterocycles. The Morgan fingerprint density at radius 2 is 2.31 bits per heavy atom. The lowest BCUT2D eigenvalue weighted by Crippen LogP contribution is -2.36. The van der Waals surface area contributed by atoms with Gasteiger partial charge in [-0.1, -0.05) is 0 Å². The number of oxazole rings is 1. The highest BCUT2D eigenvalue weighted by atomic mass is 16.5. The van der Waals surface area contributed by atoms with Crippen LogP contribution in [0.4, 0.5) is 0 Å². The number of rotatable bonds is 4. The first-order valence-corrected chi connectivity index (χ1v) is 5.94. The van der Waals surface area contributed by atoms with Crippen LogP contribution in [0, 0.1) is 13.8 Å². The van der Waals surface area contributed by atoms with Gasteiger partial charge in [-0.05, 0) is 33.6 Å². The molecule has 1 fully saturated rings. The molecule has 1 N–H and O–H groups in total. The minimum absolute atomic E-state index is 0.345. The fourth-order valence-electron chi connectivity index (χ4n) is 1.99. The quantitative estimate of drug-likeness (QED) is 0.849. The van der Waals surface area contributed by atoms with Crippen molar-refractivity contribution >= 4 is 0 Å². The SMILES string of the molecule is Cc1nc(CNC(C)C2CCCO2)oc1C. The van der Waals surface area contributed by atoms with Gasteiger partial charge in [-0.2, -0.15) is 0 Å². The fraction of sp³-hybridized carbons (Fsp3) is 0.750. The first-order chi connectivity index (χ1) is 7.66. The third-order valence-electron chi connectivity index (χ3n) is 3.17. The summed E-state index contributed by atoms with van der Waals surface area (Å²) in [5.74, 6) is 1.67. The van der Waals surface area contributed by atoms with Crippen molar-refractivity contribution in [3.8, 4) is 0 Å². The number of hydrogen-bond donors (Lipinski definition) is 1. The van der Waals surface area contributed by atoms with Gasteiger partial charge >= 0.3 is 0 Å². The lowest BCUT2D eigenvalue weighted by molar-refractivity contribution is 0.0824. The Labute approximate surface area is 96.4 Å². The van der Waals surface area contributed by atoms with E-state index in [1.54, 1.807) is 0 Å². The lowest BCUT2D eigenvalue weighted by atomic mass is 10.1. The van der Waals surface area contributed by atoms with Gasteiger partial charge in [-0.25, -0.2) is 4.98 Å². The maximum Gasteiger partial charge on any atom is 0.208 e. The average Bonchev–Trinajstić information content (AvgIpc) is 2.86. The Morgan fingerprint density at radius 3 is 2.88 bits per heavy atom. The highest BCUT2D eigenvalue weighted by Crippen LogP contribution is 2.16. The van der Waals surface area contributed by atoms with E-state index in [2.05, 4.69) is 17.2 Å². The van der Waals surface area contributed by atoms with E-state index in [1.807, 2.05) is 13.8 Å². The molecule has 0 bridgehead atoms. The number of hydrogen-bond acceptors (Lipinski definition) is 4. The van der Waals surface area contributed by atoms with Gasteiger partial charge in [-0.15, -0.1) is 0 Å². The van der Waals surface area contributed by atoms with Gasteiger partial charge in [0.05, 0.1) is 18.3 Å². The van der Waals surface area contributed by atoms with Crippen molar-refractivity contribution in [2.45, 2.75) is 52.3 Å². The summed E-state index contributed by atoms with van der Waals surface area (Å²) in [4.78, 5) is 4.34. The van der Waals surface area contributed by atoms with Gasteiger partial charge in [-0.3, -0.25) is 0 Å². The predicted octanol–water partition coefficient (Wildman–Crippen LogP) is 1.95. The van der Waals surface area contributed by atoms with Crippen LogP contribution < -0.4 is 5.32 Å². The van der Waals surface area contributed by atoms with Crippen LogP contribution in [0.25, 0.3) is 0 Å². The first-order valence-electron chi connectivity index (χ1n) is 5.94. The molecule has 0 radical (unpaired) electrons. The molecule has 2 heterocycles. The summed E-state index contributed by atoms with van der Waals surface area (Å²) in [7, 11) is 0. The summed E-state index contributed by atoms with van der Waals surface area (Å²) < 4.78 is 11.1. The van der Waals surface area contributed by atoms with E-state index in [1.165, 1.54) is 6.42 Å². The number of aryl methyl sites for hydroxylation is 2. The molecule has 4 nitrogen and oxygen atoms in total. The van der Waals surface area contributed by atoms with Crippen molar-refractivity contribution in [3.63, 3.8) is 0 Å². The van der Waals surface area contributed by atoms with E-state index in [9.17, 15) is 0 Å². The average molecular weight is 224 g/mol. The van der Waals surface area contributed by atoms with Crippen molar-refractivity contribution < 1.29 is 9.15 Å². The molecule has 1 aliphatic heterocycles. The summed E-state index contributed by atoms with van der Waals surface area (Å²) in [6.07, 6.45) is 2.67. The molecule has 1 saturated heterocycles. The van der Waals surface area contributed by atoms with E-state index in [0.717, 1.165) is 30.4 Å². The monoisotopic (exact) mass is 224 g/mol. The van der Waals surface area contributed by atoms with E-state index in [0.29, 0.717) is 18.7 Å². The second kappa shape index (κ2) is 4.97. The van der Waals surface area contributed by atoms with Gasteiger partial charge in [0.15, 0.2) is 0 Å². The zero-order chi connectivity index (χ0) is 11.5. The van der Waals surface area contributed by atoms with Gasteiger partial charge in [0.1, 0.15) is 5.76 Å². The molecule has 2 rings (SSSR count). The fourth-order valence-corrected chi connectivity index (χ4v) is 1.99. The second-order valence-electron chi connectivity index (χ2n) is 4.47. The van der Waals surface area contributed by atoms with Crippen LogP contribution in [0.15, 0.2) is 4.42 Å². The number of nitrogens with zero attached hydrogens (tertiary/aromatic N) is 1. The number of aromatic nitrogens is 1. The molecule has 0 aromatic carbocycles. The Kier molecular flexibility index (Phi) is 3.61. The molecule has 0 aliphatic carbocycles. The van der Waals surface area contributed by atoms with Crippen molar-refractivity contribution in [2.75, 3.05) is 6.61 Å². The predicted molar refractivity (Wildman–Crippen MR) is 61.3 cm³/mol. The van der Waals surface area contributed by atoms with E-state index >= 15 is 0 Å². The summed E-state index contributed by atoms with van der Waals surface area (Å²) >= 11 is 0. The molecule has 1 aromatic rings. The summed E-state index contributed by atoms with van der Waals surface area (Å²) in [6.45, 7) is 7.63. The summed E-state index contributed by atoms with van der Waals surface area (Å²) in [6, 6.07) is 0.356. The van der Waals surface area contributed by atoms with Crippen molar-refractivity contribution in [2.24, 2.45) is 0 Å². The molecule has 90 valence electrons. The van der Waals surface area contributed by atoms with Crippen LogP contribution in [0.2, 0.25) is 0 Å². The van der Waals surface area contributed by atoms with Gasteiger partial charge in [0.25, 0.3) is 0 Å². The maximum absolute atomic E-state index is 5.62. The largest absolute Gasteiger partial charge is 0.444 e. The lowest BCUT2D eigenvalue weighted by Gasteiger charge is -2.18. The highest BCUT2D eigenvalue weighted by molar-refractivity contribution is 5.05. The summed E-state index contributed by atoms with van der Waals surface area (Å²) in [5, 5.41) is 3.40. The first kappa shape index (κ1) is 11.6. The summed E-state index contributed by atoms with van der Waals surface area (Å²) in [5.41, 5.74) is 0.974. The molecule has 2 unspecified atom stereocenters. The normalized spacial score (nSPS) is 22.6. The van der Waals surface area contributed by atoms with Crippen molar-refractivity contribution in [1.82, 2.24) is 10.3 Å². The van der Waals surface area contributed by atoms with Crippen LogP contribution in [0.5, 0.6) is 0 Å². The van der Waals surface area contributed by atoms with Gasteiger partial charge in [0.2, 0.25) is 5.89 Å². The van der Waals surface area contributed by atoms with Crippen LogP contribution in [0.1, 0.15) is 37.1 Å². The Balaban J connectivity index is 1.82. The molecular weight excluding hydrogens is 204 g/mol. The molecule has 0 saturated carbocycles. The molecule has 0 spiro atoms. The van der Waals surface area contributed by atoms with Crippen LogP contribution in [-0.4, -0.2) is 23.7 Å². The minimum atomic E-state index is 0.345. The Hall–Kier alpha value is -0.870.